The van der Waals surface area contributed by atoms with Crippen LogP contribution < -0.4 is 5.32 Å². The monoisotopic (exact) mass is 267 g/mol. The summed E-state index contributed by atoms with van der Waals surface area (Å²) in [5.74, 6) is 2.55. The van der Waals surface area contributed by atoms with Gasteiger partial charge in [-0.3, -0.25) is 0 Å². The number of anilines is 1. The molecule has 0 aliphatic heterocycles. The van der Waals surface area contributed by atoms with Crippen LogP contribution in [0.5, 0.6) is 0 Å². The molecule has 0 amide bonds. The maximum atomic E-state index is 4.66. The van der Waals surface area contributed by atoms with Crippen molar-refractivity contribution in [3.05, 3.63) is 41.1 Å². The van der Waals surface area contributed by atoms with Crippen LogP contribution in [-0.4, -0.2) is 16.5 Å². The lowest BCUT2D eigenvalue weighted by atomic mass is 10.1. The third-order valence-corrected chi connectivity index (χ3v) is 3.95. The standard InChI is InChI=1S/C17H21N3/c1-4-18-16-11(2)12(3)19-17(20-16)15-9-7-14(8-10-15)13-5-6-13/h7-10,13H,4-6H2,1-3H3,(H,18,19,20). The summed E-state index contributed by atoms with van der Waals surface area (Å²) in [5.41, 5.74) is 4.71. The Morgan fingerprint density at radius 2 is 1.80 bits per heavy atom. The van der Waals surface area contributed by atoms with Crippen LogP contribution in [0.4, 0.5) is 5.82 Å². The van der Waals surface area contributed by atoms with Gasteiger partial charge in [0, 0.05) is 23.4 Å². The number of nitrogens with one attached hydrogen (secondary N) is 1. The summed E-state index contributed by atoms with van der Waals surface area (Å²) in [6.07, 6.45) is 2.67. The summed E-state index contributed by atoms with van der Waals surface area (Å²) in [7, 11) is 0. The summed E-state index contributed by atoms with van der Waals surface area (Å²) in [4.78, 5) is 9.29. The largest absolute Gasteiger partial charge is 0.370 e. The van der Waals surface area contributed by atoms with Gasteiger partial charge in [-0.15, -0.1) is 0 Å². The first kappa shape index (κ1) is 13.1. The quantitative estimate of drug-likeness (QED) is 0.907. The molecule has 1 N–H and O–H groups in total. The molecule has 1 aliphatic rings. The van der Waals surface area contributed by atoms with E-state index in [-0.39, 0.29) is 0 Å². The van der Waals surface area contributed by atoms with Gasteiger partial charge in [0.2, 0.25) is 0 Å². The summed E-state index contributed by atoms with van der Waals surface area (Å²) < 4.78 is 0. The van der Waals surface area contributed by atoms with Crippen molar-refractivity contribution in [2.75, 3.05) is 11.9 Å². The molecule has 3 rings (SSSR count). The molecular weight excluding hydrogens is 246 g/mol. The number of hydrogen-bond donors (Lipinski definition) is 1. The van der Waals surface area contributed by atoms with Gasteiger partial charge in [0.15, 0.2) is 5.82 Å². The molecule has 0 atom stereocenters. The van der Waals surface area contributed by atoms with Crippen molar-refractivity contribution in [2.45, 2.75) is 39.5 Å². The lowest BCUT2D eigenvalue weighted by Crippen LogP contribution is -2.06. The fourth-order valence-electron chi connectivity index (χ4n) is 2.42. The van der Waals surface area contributed by atoms with Crippen molar-refractivity contribution in [1.82, 2.24) is 9.97 Å². The number of aromatic nitrogens is 2. The van der Waals surface area contributed by atoms with Gasteiger partial charge in [0.25, 0.3) is 0 Å². The van der Waals surface area contributed by atoms with Gasteiger partial charge in [-0.1, -0.05) is 24.3 Å². The van der Waals surface area contributed by atoms with Crippen LogP contribution in [0.15, 0.2) is 24.3 Å². The zero-order valence-corrected chi connectivity index (χ0v) is 12.4. The van der Waals surface area contributed by atoms with Crippen LogP contribution in [0.1, 0.15) is 42.5 Å². The Hall–Kier alpha value is -1.90. The highest BCUT2D eigenvalue weighted by Crippen LogP contribution is 2.40. The minimum absolute atomic E-state index is 0.794. The smallest absolute Gasteiger partial charge is 0.161 e. The molecule has 1 aromatic carbocycles. The third-order valence-electron chi connectivity index (χ3n) is 3.95. The predicted octanol–water partition coefficient (Wildman–Crippen LogP) is 4.07. The van der Waals surface area contributed by atoms with Crippen LogP contribution in [0.25, 0.3) is 11.4 Å². The molecule has 20 heavy (non-hydrogen) atoms. The minimum Gasteiger partial charge on any atom is -0.370 e. The average molecular weight is 267 g/mol. The van der Waals surface area contributed by atoms with E-state index in [0.717, 1.165) is 40.9 Å². The topological polar surface area (TPSA) is 37.8 Å². The molecule has 0 saturated heterocycles. The van der Waals surface area contributed by atoms with Gasteiger partial charge < -0.3 is 5.32 Å². The SMILES string of the molecule is CCNc1nc(-c2ccc(C3CC3)cc2)nc(C)c1C. The van der Waals surface area contributed by atoms with E-state index in [0.29, 0.717) is 0 Å². The molecule has 104 valence electrons. The molecule has 3 heteroatoms. The Balaban J connectivity index is 1.95. The van der Waals surface area contributed by atoms with Crippen molar-refractivity contribution in [2.24, 2.45) is 0 Å². The van der Waals surface area contributed by atoms with E-state index in [1.54, 1.807) is 0 Å². The van der Waals surface area contributed by atoms with Crippen molar-refractivity contribution in [1.29, 1.82) is 0 Å². The van der Waals surface area contributed by atoms with Crippen LogP contribution in [0.3, 0.4) is 0 Å². The van der Waals surface area contributed by atoms with Crippen molar-refractivity contribution >= 4 is 5.82 Å². The molecule has 2 aromatic rings. The maximum absolute atomic E-state index is 4.66. The predicted molar refractivity (Wildman–Crippen MR) is 83.1 cm³/mol. The Kier molecular flexibility index (Phi) is 3.43. The molecule has 3 nitrogen and oxygen atoms in total. The number of rotatable bonds is 4. The molecule has 0 bridgehead atoms. The van der Waals surface area contributed by atoms with Gasteiger partial charge in [-0.25, -0.2) is 9.97 Å². The highest BCUT2D eigenvalue weighted by atomic mass is 15.0. The molecule has 1 heterocycles. The molecule has 0 spiro atoms. The van der Waals surface area contributed by atoms with Crippen LogP contribution in [0, 0.1) is 13.8 Å². The van der Waals surface area contributed by atoms with Crippen LogP contribution >= 0.6 is 0 Å². The van der Waals surface area contributed by atoms with E-state index in [2.05, 4.69) is 53.4 Å². The number of benzene rings is 1. The molecular formula is C17H21N3. The number of nitrogens with zero attached hydrogens (tertiary/aromatic N) is 2. The second kappa shape index (κ2) is 5.23. The molecule has 0 radical (unpaired) electrons. The van der Waals surface area contributed by atoms with E-state index in [4.69, 9.17) is 0 Å². The van der Waals surface area contributed by atoms with Gasteiger partial charge >= 0.3 is 0 Å². The average Bonchev–Trinajstić information content (AvgIpc) is 3.29. The first-order valence-corrected chi connectivity index (χ1v) is 7.38. The van der Waals surface area contributed by atoms with Gasteiger partial charge in [-0.05, 0) is 45.1 Å². The Labute approximate surface area is 120 Å². The van der Waals surface area contributed by atoms with Gasteiger partial charge in [0.1, 0.15) is 5.82 Å². The first-order valence-electron chi connectivity index (χ1n) is 7.38. The lowest BCUT2D eigenvalue weighted by molar-refractivity contribution is 1.04. The lowest BCUT2D eigenvalue weighted by Gasteiger charge is -2.11. The molecule has 1 aliphatic carbocycles. The summed E-state index contributed by atoms with van der Waals surface area (Å²) in [5, 5.41) is 3.32. The summed E-state index contributed by atoms with van der Waals surface area (Å²) in [6.45, 7) is 7.06. The maximum Gasteiger partial charge on any atom is 0.161 e. The minimum atomic E-state index is 0.794. The van der Waals surface area contributed by atoms with E-state index in [1.807, 2.05) is 6.92 Å². The normalized spacial score (nSPS) is 14.3. The highest BCUT2D eigenvalue weighted by Gasteiger charge is 2.23. The van der Waals surface area contributed by atoms with Gasteiger partial charge in [-0.2, -0.15) is 0 Å². The summed E-state index contributed by atoms with van der Waals surface area (Å²) >= 11 is 0. The Morgan fingerprint density at radius 1 is 1.10 bits per heavy atom. The first-order chi connectivity index (χ1) is 9.69. The second-order valence-electron chi connectivity index (χ2n) is 5.53. The van der Waals surface area contributed by atoms with Crippen LogP contribution in [0.2, 0.25) is 0 Å². The molecule has 1 saturated carbocycles. The van der Waals surface area contributed by atoms with Crippen molar-refractivity contribution in [3.8, 4) is 11.4 Å². The third kappa shape index (κ3) is 2.53. The van der Waals surface area contributed by atoms with Crippen LogP contribution in [-0.2, 0) is 0 Å². The van der Waals surface area contributed by atoms with Gasteiger partial charge in [0.05, 0.1) is 0 Å². The van der Waals surface area contributed by atoms with E-state index in [1.165, 1.54) is 18.4 Å². The van der Waals surface area contributed by atoms with E-state index >= 15 is 0 Å². The zero-order valence-electron chi connectivity index (χ0n) is 12.4. The molecule has 1 aromatic heterocycles. The summed E-state index contributed by atoms with van der Waals surface area (Å²) in [6, 6.07) is 8.73. The highest BCUT2D eigenvalue weighted by molar-refractivity contribution is 5.60. The Bertz CT molecular complexity index is 613. The Morgan fingerprint density at radius 3 is 2.40 bits per heavy atom. The zero-order chi connectivity index (χ0) is 14.1. The molecule has 1 fully saturated rings. The van der Waals surface area contributed by atoms with E-state index in [9.17, 15) is 0 Å². The fourth-order valence-corrected chi connectivity index (χ4v) is 2.42. The van der Waals surface area contributed by atoms with Crippen molar-refractivity contribution < 1.29 is 0 Å². The number of hydrogen-bond acceptors (Lipinski definition) is 3. The molecule has 0 unspecified atom stereocenters. The van der Waals surface area contributed by atoms with E-state index < -0.39 is 0 Å². The fraction of sp³-hybridized carbons (Fsp3) is 0.412. The van der Waals surface area contributed by atoms with Crippen molar-refractivity contribution in [3.63, 3.8) is 0 Å². The number of aryl methyl sites for hydroxylation is 1. The second-order valence-corrected chi connectivity index (χ2v) is 5.53.